The van der Waals surface area contributed by atoms with Crippen LogP contribution in [-0.4, -0.2) is 33.3 Å². The van der Waals surface area contributed by atoms with Crippen LogP contribution in [-0.2, 0) is 4.74 Å². The van der Waals surface area contributed by atoms with Gasteiger partial charge in [0, 0.05) is 12.6 Å². The minimum Gasteiger partial charge on any atom is -0.495 e. The lowest BCUT2D eigenvalue weighted by molar-refractivity contribution is 0.0144. The maximum absolute atomic E-state index is 12.0. The number of hydrogen-bond acceptors (Lipinski definition) is 3. The normalized spacial score (nSPS) is 12.7. The average molecular weight is 308 g/mol. The first-order valence-corrected chi connectivity index (χ1v) is 6.89. The van der Waals surface area contributed by atoms with Crippen molar-refractivity contribution in [1.29, 1.82) is 0 Å². The first-order valence-electron chi connectivity index (χ1n) is 6.51. The molecule has 1 unspecified atom stereocenters. The van der Waals surface area contributed by atoms with Gasteiger partial charge in [0.15, 0.2) is 0 Å². The van der Waals surface area contributed by atoms with Crippen LogP contribution in [0.1, 0.15) is 24.9 Å². The van der Waals surface area contributed by atoms with Crippen LogP contribution in [0.4, 0.5) is 8.78 Å². The van der Waals surface area contributed by atoms with E-state index in [9.17, 15) is 8.78 Å². The molecule has 0 aromatic heterocycles. The van der Waals surface area contributed by atoms with Gasteiger partial charge < -0.3 is 14.8 Å². The van der Waals surface area contributed by atoms with Crippen molar-refractivity contribution in [2.75, 3.05) is 26.9 Å². The summed E-state index contributed by atoms with van der Waals surface area (Å²) in [5.74, 6) is 0.598. The standard InChI is InChI=1S/C14H20ClF2NO2/c1-3-18-12(6-7-20-9-14(16)17)10-4-5-11(15)13(8-10)19-2/h4-5,8,12,14,18H,3,6-7,9H2,1-2H3. The molecule has 0 heterocycles. The van der Waals surface area contributed by atoms with E-state index < -0.39 is 13.0 Å². The van der Waals surface area contributed by atoms with Crippen LogP contribution in [0.5, 0.6) is 5.75 Å². The van der Waals surface area contributed by atoms with Gasteiger partial charge in [-0.25, -0.2) is 8.78 Å². The molecule has 1 aromatic rings. The van der Waals surface area contributed by atoms with Crippen molar-refractivity contribution in [3.05, 3.63) is 28.8 Å². The van der Waals surface area contributed by atoms with E-state index in [4.69, 9.17) is 21.1 Å². The topological polar surface area (TPSA) is 30.5 Å². The summed E-state index contributed by atoms with van der Waals surface area (Å²) in [6.45, 7) is 2.50. The van der Waals surface area contributed by atoms with Crippen molar-refractivity contribution in [3.8, 4) is 5.75 Å². The second-order valence-electron chi connectivity index (χ2n) is 4.26. The van der Waals surface area contributed by atoms with E-state index in [0.717, 1.165) is 12.1 Å². The van der Waals surface area contributed by atoms with Crippen molar-refractivity contribution in [1.82, 2.24) is 5.32 Å². The zero-order chi connectivity index (χ0) is 15.0. The number of halogens is 3. The van der Waals surface area contributed by atoms with Crippen molar-refractivity contribution < 1.29 is 18.3 Å². The number of hydrogen-bond donors (Lipinski definition) is 1. The molecule has 0 saturated heterocycles. The van der Waals surface area contributed by atoms with Crippen LogP contribution in [0.15, 0.2) is 18.2 Å². The molecule has 0 amide bonds. The number of alkyl halides is 2. The molecule has 0 aliphatic carbocycles. The predicted molar refractivity (Wildman–Crippen MR) is 75.9 cm³/mol. The molecular weight excluding hydrogens is 288 g/mol. The Morgan fingerprint density at radius 2 is 2.10 bits per heavy atom. The van der Waals surface area contributed by atoms with Gasteiger partial charge in [0.05, 0.1) is 12.1 Å². The van der Waals surface area contributed by atoms with Gasteiger partial charge in [-0.2, -0.15) is 0 Å². The van der Waals surface area contributed by atoms with Crippen molar-refractivity contribution in [2.24, 2.45) is 0 Å². The Hall–Kier alpha value is -0.910. The Bertz CT molecular complexity index is 405. The molecule has 114 valence electrons. The number of benzene rings is 1. The molecule has 0 fully saturated rings. The second kappa shape index (κ2) is 9.10. The quantitative estimate of drug-likeness (QED) is 0.706. The lowest BCUT2D eigenvalue weighted by atomic mass is 10.0. The summed E-state index contributed by atoms with van der Waals surface area (Å²) in [6.07, 6.45) is -1.83. The molecule has 0 spiro atoms. The summed E-state index contributed by atoms with van der Waals surface area (Å²) in [5.41, 5.74) is 0.994. The van der Waals surface area contributed by atoms with Gasteiger partial charge in [-0.05, 0) is 30.7 Å². The summed E-state index contributed by atoms with van der Waals surface area (Å²) in [5, 5.41) is 3.83. The Morgan fingerprint density at radius 1 is 1.35 bits per heavy atom. The van der Waals surface area contributed by atoms with Crippen molar-refractivity contribution in [2.45, 2.75) is 25.8 Å². The fraction of sp³-hybridized carbons (Fsp3) is 0.571. The van der Waals surface area contributed by atoms with Crippen LogP contribution in [0.2, 0.25) is 5.02 Å². The van der Waals surface area contributed by atoms with Gasteiger partial charge in [0.2, 0.25) is 0 Å². The van der Waals surface area contributed by atoms with Crippen LogP contribution in [0.3, 0.4) is 0 Å². The van der Waals surface area contributed by atoms with Gasteiger partial charge in [0.1, 0.15) is 12.4 Å². The maximum atomic E-state index is 12.0. The lowest BCUT2D eigenvalue weighted by Gasteiger charge is -2.19. The third kappa shape index (κ3) is 5.61. The zero-order valence-electron chi connectivity index (χ0n) is 11.7. The highest BCUT2D eigenvalue weighted by molar-refractivity contribution is 6.32. The molecule has 20 heavy (non-hydrogen) atoms. The molecule has 1 rings (SSSR count). The number of nitrogens with one attached hydrogen (secondary N) is 1. The molecule has 1 atom stereocenters. The van der Waals surface area contributed by atoms with E-state index in [-0.39, 0.29) is 12.6 Å². The average Bonchev–Trinajstić information content (AvgIpc) is 2.42. The highest BCUT2D eigenvalue weighted by Gasteiger charge is 2.13. The molecule has 0 aliphatic rings. The Kier molecular flexibility index (Phi) is 7.80. The minimum atomic E-state index is -2.43. The fourth-order valence-electron chi connectivity index (χ4n) is 1.90. The monoisotopic (exact) mass is 307 g/mol. The lowest BCUT2D eigenvalue weighted by Crippen LogP contribution is -2.23. The summed E-state index contributed by atoms with van der Waals surface area (Å²) in [4.78, 5) is 0. The maximum Gasteiger partial charge on any atom is 0.261 e. The second-order valence-corrected chi connectivity index (χ2v) is 4.67. The third-order valence-corrected chi connectivity index (χ3v) is 3.14. The van der Waals surface area contributed by atoms with Gasteiger partial charge in [-0.15, -0.1) is 0 Å². The van der Waals surface area contributed by atoms with Crippen LogP contribution in [0, 0.1) is 0 Å². The van der Waals surface area contributed by atoms with E-state index in [0.29, 0.717) is 17.2 Å². The van der Waals surface area contributed by atoms with Gasteiger partial charge in [0.25, 0.3) is 6.43 Å². The van der Waals surface area contributed by atoms with Crippen molar-refractivity contribution >= 4 is 11.6 Å². The fourth-order valence-corrected chi connectivity index (χ4v) is 2.09. The molecule has 6 heteroatoms. The molecular formula is C14H20ClF2NO2. The Labute approximate surface area is 123 Å². The minimum absolute atomic E-state index is 0.0174. The summed E-state index contributed by atoms with van der Waals surface area (Å²) >= 11 is 5.99. The summed E-state index contributed by atoms with van der Waals surface area (Å²) < 4.78 is 34.1. The highest BCUT2D eigenvalue weighted by Crippen LogP contribution is 2.28. The summed E-state index contributed by atoms with van der Waals surface area (Å²) in [7, 11) is 1.55. The number of ether oxygens (including phenoxy) is 2. The SMILES string of the molecule is CCNC(CCOCC(F)F)c1ccc(Cl)c(OC)c1. The molecule has 0 radical (unpaired) electrons. The van der Waals surface area contributed by atoms with E-state index in [1.165, 1.54) is 0 Å². The first kappa shape index (κ1) is 17.1. The van der Waals surface area contributed by atoms with E-state index in [2.05, 4.69) is 5.32 Å². The van der Waals surface area contributed by atoms with Gasteiger partial charge in [-0.1, -0.05) is 24.6 Å². The molecule has 0 bridgehead atoms. The van der Waals surface area contributed by atoms with Crippen LogP contribution in [0.25, 0.3) is 0 Å². The van der Waals surface area contributed by atoms with E-state index >= 15 is 0 Å². The Balaban J connectivity index is 2.65. The van der Waals surface area contributed by atoms with Crippen LogP contribution >= 0.6 is 11.6 Å². The number of rotatable bonds is 9. The summed E-state index contributed by atoms with van der Waals surface area (Å²) in [6, 6.07) is 5.53. The highest BCUT2D eigenvalue weighted by atomic mass is 35.5. The molecule has 1 aromatic carbocycles. The molecule has 1 N–H and O–H groups in total. The Morgan fingerprint density at radius 3 is 2.70 bits per heavy atom. The van der Waals surface area contributed by atoms with E-state index in [1.54, 1.807) is 13.2 Å². The van der Waals surface area contributed by atoms with Crippen molar-refractivity contribution in [3.63, 3.8) is 0 Å². The van der Waals surface area contributed by atoms with Gasteiger partial charge in [-0.3, -0.25) is 0 Å². The van der Waals surface area contributed by atoms with Crippen LogP contribution < -0.4 is 10.1 Å². The first-order chi connectivity index (χ1) is 9.58. The van der Waals surface area contributed by atoms with Gasteiger partial charge >= 0.3 is 0 Å². The third-order valence-electron chi connectivity index (χ3n) is 2.82. The molecule has 0 saturated carbocycles. The predicted octanol–water partition coefficient (Wildman–Crippen LogP) is 3.67. The molecule has 3 nitrogen and oxygen atoms in total. The zero-order valence-corrected chi connectivity index (χ0v) is 12.4. The molecule has 0 aliphatic heterocycles. The van der Waals surface area contributed by atoms with E-state index in [1.807, 2.05) is 19.1 Å². The largest absolute Gasteiger partial charge is 0.495 e. The number of methoxy groups -OCH3 is 1. The smallest absolute Gasteiger partial charge is 0.261 e.